The standard InChI is InChI=1S/C19H20Cl2N2OS/c1-13-6-9-23(10-7-13)19(24)17-11-14(5-8-22-17)12-25-18-15(20)3-2-4-16(18)21/h2-5,8,11,13H,6-7,9-10,12H2,1H3. The van der Waals surface area contributed by atoms with Gasteiger partial charge in [0.25, 0.3) is 5.91 Å². The van der Waals surface area contributed by atoms with Crippen molar-refractivity contribution >= 4 is 40.9 Å². The highest BCUT2D eigenvalue weighted by Crippen LogP contribution is 2.35. The van der Waals surface area contributed by atoms with Gasteiger partial charge < -0.3 is 4.90 Å². The summed E-state index contributed by atoms with van der Waals surface area (Å²) in [4.78, 5) is 19.7. The fourth-order valence-electron chi connectivity index (χ4n) is 2.83. The molecule has 25 heavy (non-hydrogen) atoms. The number of aromatic nitrogens is 1. The lowest BCUT2D eigenvalue weighted by atomic mass is 9.99. The summed E-state index contributed by atoms with van der Waals surface area (Å²) in [5.74, 6) is 1.40. The molecule has 1 aromatic carbocycles. The zero-order valence-electron chi connectivity index (χ0n) is 14.0. The molecule has 132 valence electrons. The van der Waals surface area contributed by atoms with E-state index in [4.69, 9.17) is 23.2 Å². The third-order valence-corrected chi connectivity index (χ3v) is 6.48. The second-order valence-corrected chi connectivity index (χ2v) is 8.16. The Balaban J connectivity index is 1.68. The van der Waals surface area contributed by atoms with Gasteiger partial charge in [-0.25, -0.2) is 0 Å². The summed E-state index contributed by atoms with van der Waals surface area (Å²) >= 11 is 14.0. The van der Waals surface area contributed by atoms with Gasteiger partial charge in [0.05, 0.1) is 10.0 Å². The molecule has 0 N–H and O–H groups in total. The first-order valence-electron chi connectivity index (χ1n) is 8.35. The number of likely N-dealkylation sites (tertiary alicyclic amines) is 1. The Kier molecular flexibility index (Phi) is 6.26. The van der Waals surface area contributed by atoms with E-state index < -0.39 is 0 Å². The smallest absolute Gasteiger partial charge is 0.272 e. The lowest BCUT2D eigenvalue weighted by Crippen LogP contribution is -2.38. The molecule has 0 radical (unpaired) electrons. The van der Waals surface area contributed by atoms with E-state index in [2.05, 4.69) is 11.9 Å². The summed E-state index contributed by atoms with van der Waals surface area (Å²) in [6.07, 6.45) is 3.82. The molecule has 1 aliphatic heterocycles. The molecule has 1 amide bonds. The van der Waals surface area contributed by atoms with Crippen LogP contribution in [0.25, 0.3) is 0 Å². The SMILES string of the molecule is CC1CCN(C(=O)c2cc(CSc3c(Cl)cccc3Cl)ccn2)CC1. The third kappa shape index (κ3) is 4.69. The number of piperidine rings is 1. The molecular weight excluding hydrogens is 375 g/mol. The van der Waals surface area contributed by atoms with Gasteiger partial charge >= 0.3 is 0 Å². The van der Waals surface area contributed by atoms with Gasteiger partial charge in [-0.2, -0.15) is 0 Å². The molecule has 6 heteroatoms. The molecule has 3 rings (SSSR count). The maximum atomic E-state index is 12.7. The molecule has 3 nitrogen and oxygen atoms in total. The minimum absolute atomic E-state index is 0.0227. The molecule has 0 aliphatic carbocycles. The van der Waals surface area contributed by atoms with Crippen molar-refractivity contribution < 1.29 is 4.79 Å². The fourth-order valence-corrected chi connectivity index (χ4v) is 4.46. The molecule has 1 aliphatic rings. The first-order chi connectivity index (χ1) is 12.0. The Bertz CT molecular complexity index is 741. The number of thioether (sulfide) groups is 1. The Morgan fingerprint density at radius 2 is 1.92 bits per heavy atom. The Hall–Kier alpha value is -1.23. The minimum Gasteiger partial charge on any atom is -0.337 e. The number of carbonyl (C=O) groups is 1. The highest BCUT2D eigenvalue weighted by Gasteiger charge is 2.22. The van der Waals surface area contributed by atoms with Crippen LogP contribution >= 0.6 is 35.0 Å². The van der Waals surface area contributed by atoms with Crippen LogP contribution in [-0.4, -0.2) is 28.9 Å². The van der Waals surface area contributed by atoms with Crippen LogP contribution in [0.5, 0.6) is 0 Å². The number of nitrogens with zero attached hydrogens (tertiary/aromatic N) is 2. The molecule has 0 saturated carbocycles. The van der Waals surface area contributed by atoms with E-state index >= 15 is 0 Å². The molecule has 0 atom stereocenters. The van der Waals surface area contributed by atoms with E-state index in [1.54, 1.807) is 18.0 Å². The first kappa shape index (κ1) is 18.6. The van der Waals surface area contributed by atoms with Gasteiger partial charge in [0.2, 0.25) is 0 Å². The number of carbonyl (C=O) groups excluding carboxylic acids is 1. The van der Waals surface area contributed by atoms with Crippen molar-refractivity contribution in [3.05, 3.63) is 57.8 Å². The Morgan fingerprint density at radius 3 is 2.60 bits per heavy atom. The maximum Gasteiger partial charge on any atom is 0.272 e. The van der Waals surface area contributed by atoms with Gasteiger partial charge in [-0.3, -0.25) is 9.78 Å². The average Bonchev–Trinajstić information content (AvgIpc) is 2.62. The summed E-state index contributed by atoms with van der Waals surface area (Å²) in [5, 5.41) is 1.29. The number of hydrogen-bond acceptors (Lipinski definition) is 3. The summed E-state index contributed by atoms with van der Waals surface area (Å²) in [6, 6.07) is 9.28. The molecular formula is C19H20Cl2N2OS. The molecule has 1 aromatic heterocycles. The van der Waals surface area contributed by atoms with E-state index in [1.807, 2.05) is 35.2 Å². The Labute approximate surface area is 162 Å². The predicted molar refractivity (Wildman–Crippen MR) is 105 cm³/mol. The lowest BCUT2D eigenvalue weighted by Gasteiger charge is -2.30. The monoisotopic (exact) mass is 394 g/mol. The van der Waals surface area contributed by atoms with Crippen molar-refractivity contribution in [2.24, 2.45) is 5.92 Å². The average molecular weight is 395 g/mol. The second-order valence-electron chi connectivity index (χ2n) is 6.36. The van der Waals surface area contributed by atoms with Crippen LogP contribution in [-0.2, 0) is 5.75 Å². The van der Waals surface area contributed by atoms with Gasteiger partial charge in [0, 0.05) is 29.9 Å². The van der Waals surface area contributed by atoms with Crippen molar-refractivity contribution in [1.82, 2.24) is 9.88 Å². The van der Waals surface area contributed by atoms with Crippen molar-refractivity contribution in [3.8, 4) is 0 Å². The number of hydrogen-bond donors (Lipinski definition) is 0. The Morgan fingerprint density at radius 1 is 1.24 bits per heavy atom. The van der Waals surface area contributed by atoms with Gasteiger partial charge in [-0.05, 0) is 48.6 Å². The molecule has 0 bridgehead atoms. The number of benzene rings is 1. The van der Waals surface area contributed by atoms with Crippen LogP contribution in [0.1, 0.15) is 35.8 Å². The molecule has 0 spiro atoms. The van der Waals surface area contributed by atoms with Gasteiger partial charge in [-0.15, -0.1) is 11.8 Å². The third-order valence-electron chi connectivity index (χ3n) is 4.42. The lowest BCUT2D eigenvalue weighted by molar-refractivity contribution is 0.0691. The van der Waals surface area contributed by atoms with E-state index in [-0.39, 0.29) is 5.91 Å². The van der Waals surface area contributed by atoms with Crippen LogP contribution in [0.4, 0.5) is 0 Å². The number of pyridine rings is 1. The van der Waals surface area contributed by atoms with Crippen LogP contribution in [0, 0.1) is 5.92 Å². The van der Waals surface area contributed by atoms with Gasteiger partial charge in [0.15, 0.2) is 0 Å². The van der Waals surface area contributed by atoms with Crippen molar-refractivity contribution in [1.29, 1.82) is 0 Å². The normalized spacial score (nSPS) is 15.4. The van der Waals surface area contributed by atoms with Crippen LogP contribution in [0.2, 0.25) is 10.0 Å². The van der Waals surface area contributed by atoms with E-state index in [9.17, 15) is 4.79 Å². The van der Waals surface area contributed by atoms with Crippen molar-refractivity contribution in [3.63, 3.8) is 0 Å². The van der Waals surface area contributed by atoms with Crippen LogP contribution in [0.3, 0.4) is 0 Å². The minimum atomic E-state index is 0.0227. The van der Waals surface area contributed by atoms with Crippen molar-refractivity contribution in [2.45, 2.75) is 30.4 Å². The molecule has 1 saturated heterocycles. The maximum absolute atomic E-state index is 12.7. The largest absolute Gasteiger partial charge is 0.337 e. The van der Waals surface area contributed by atoms with E-state index in [0.717, 1.165) is 36.4 Å². The quantitative estimate of drug-likeness (QED) is 0.636. The zero-order chi connectivity index (χ0) is 17.8. The number of rotatable bonds is 4. The fraction of sp³-hybridized carbons (Fsp3) is 0.368. The second kappa shape index (κ2) is 8.43. The first-order valence-corrected chi connectivity index (χ1v) is 10.1. The highest BCUT2D eigenvalue weighted by atomic mass is 35.5. The zero-order valence-corrected chi connectivity index (χ0v) is 16.4. The summed E-state index contributed by atoms with van der Waals surface area (Å²) in [7, 11) is 0. The van der Waals surface area contributed by atoms with Crippen LogP contribution in [0.15, 0.2) is 41.4 Å². The van der Waals surface area contributed by atoms with E-state index in [1.165, 1.54) is 0 Å². The molecule has 0 unspecified atom stereocenters. The van der Waals surface area contributed by atoms with E-state index in [0.29, 0.717) is 27.4 Å². The molecule has 2 aromatic rings. The van der Waals surface area contributed by atoms with Gasteiger partial charge in [0.1, 0.15) is 5.69 Å². The molecule has 1 fully saturated rings. The number of halogens is 2. The highest BCUT2D eigenvalue weighted by molar-refractivity contribution is 7.98. The summed E-state index contributed by atoms with van der Waals surface area (Å²) < 4.78 is 0. The molecule has 2 heterocycles. The predicted octanol–water partition coefficient (Wildman–Crippen LogP) is 5.55. The summed E-state index contributed by atoms with van der Waals surface area (Å²) in [6.45, 7) is 3.86. The summed E-state index contributed by atoms with van der Waals surface area (Å²) in [5.41, 5.74) is 1.54. The van der Waals surface area contributed by atoms with Gasteiger partial charge in [-0.1, -0.05) is 36.2 Å². The number of amides is 1. The van der Waals surface area contributed by atoms with Crippen LogP contribution < -0.4 is 0 Å². The van der Waals surface area contributed by atoms with Crippen molar-refractivity contribution in [2.75, 3.05) is 13.1 Å². The topological polar surface area (TPSA) is 33.2 Å².